The number of nitrogens with zero attached hydrogens (tertiary/aromatic N) is 4. The summed E-state index contributed by atoms with van der Waals surface area (Å²) in [6.45, 7) is 0.313. The molecule has 6 nitrogen and oxygen atoms in total. The number of hydrogen-bond donors (Lipinski definition) is 2. The Labute approximate surface area is 129 Å². The van der Waals surface area contributed by atoms with Crippen LogP contribution in [0.3, 0.4) is 0 Å². The van der Waals surface area contributed by atoms with Gasteiger partial charge in [-0.3, -0.25) is 0 Å². The van der Waals surface area contributed by atoms with Crippen LogP contribution in [0.2, 0.25) is 0 Å². The van der Waals surface area contributed by atoms with Crippen LogP contribution in [0.1, 0.15) is 38.1 Å². The van der Waals surface area contributed by atoms with E-state index in [1.807, 2.05) is 6.33 Å². The molecular weight excluding hydrogens is 278 g/mol. The van der Waals surface area contributed by atoms with Crippen LogP contribution in [0.25, 0.3) is 11.2 Å². The highest BCUT2D eigenvalue weighted by molar-refractivity contribution is 5.83. The Morgan fingerprint density at radius 3 is 2.86 bits per heavy atom. The molecule has 2 heterocycles. The molecule has 5 rings (SSSR count). The SMILES string of the molecule is OC[C@@H]1C[C@@H]2C[C@H]1[C@@H](n1cnc3c(NC4CC4)ncnc31)C2. The van der Waals surface area contributed by atoms with Gasteiger partial charge in [-0.2, -0.15) is 0 Å². The second-order valence-electron chi connectivity index (χ2n) is 7.21. The zero-order chi connectivity index (χ0) is 14.7. The lowest BCUT2D eigenvalue weighted by Crippen LogP contribution is -2.25. The second kappa shape index (κ2) is 4.65. The Hall–Kier alpha value is -1.69. The van der Waals surface area contributed by atoms with E-state index in [1.54, 1.807) is 6.33 Å². The van der Waals surface area contributed by atoms with E-state index in [4.69, 9.17) is 0 Å². The maximum absolute atomic E-state index is 9.61. The predicted octanol–water partition coefficient (Wildman–Crippen LogP) is 1.98. The normalized spacial score (nSPS) is 33.7. The van der Waals surface area contributed by atoms with Crippen LogP contribution in [0.4, 0.5) is 5.82 Å². The van der Waals surface area contributed by atoms with E-state index in [1.165, 1.54) is 32.1 Å². The fourth-order valence-electron chi connectivity index (χ4n) is 4.61. The monoisotopic (exact) mass is 299 g/mol. The molecule has 4 atom stereocenters. The van der Waals surface area contributed by atoms with Gasteiger partial charge >= 0.3 is 0 Å². The fourth-order valence-corrected chi connectivity index (χ4v) is 4.61. The minimum Gasteiger partial charge on any atom is -0.396 e. The van der Waals surface area contributed by atoms with Crippen molar-refractivity contribution < 1.29 is 5.11 Å². The predicted molar refractivity (Wildman–Crippen MR) is 82.4 cm³/mol. The molecular formula is C16H21N5O. The Morgan fingerprint density at radius 1 is 1.18 bits per heavy atom. The Bertz CT molecular complexity index is 710. The fraction of sp³-hybridized carbons (Fsp3) is 0.688. The average molecular weight is 299 g/mol. The Balaban J connectivity index is 1.52. The van der Waals surface area contributed by atoms with Gasteiger partial charge in [-0.25, -0.2) is 15.0 Å². The van der Waals surface area contributed by atoms with Crippen molar-refractivity contribution in [3.05, 3.63) is 12.7 Å². The Morgan fingerprint density at radius 2 is 2.09 bits per heavy atom. The number of aliphatic hydroxyl groups excluding tert-OH is 1. The summed E-state index contributed by atoms with van der Waals surface area (Å²) in [5, 5.41) is 13.1. The van der Waals surface area contributed by atoms with E-state index in [9.17, 15) is 5.11 Å². The minimum atomic E-state index is 0.313. The first-order chi connectivity index (χ1) is 10.8. The van der Waals surface area contributed by atoms with E-state index in [-0.39, 0.29) is 0 Å². The van der Waals surface area contributed by atoms with Crippen molar-refractivity contribution in [1.29, 1.82) is 0 Å². The molecule has 0 aliphatic heterocycles. The van der Waals surface area contributed by atoms with Gasteiger partial charge in [0, 0.05) is 18.7 Å². The third-order valence-corrected chi connectivity index (χ3v) is 5.78. The lowest BCUT2D eigenvalue weighted by Gasteiger charge is -2.29. The van der Waals surface area contributed by atoms with E-state index in [2.05, 4.69) is 24.8 Å². The third-order valence-electron chi connectivity index (χ3n) is 5.78. The number of imidazole rings is 1. The first-order valence-electron chi connectivity index (χ1n) is 8.38. The standard InChI is InChI=1S/C16H21N5O/c22-6-10-3-9-4-12(10)13(5-9)21-8-19-14-15(20-11-1-2-11)17-7-18-16(14)21/h7-13,22H,1-6H2,(H,17,18,20)/t9-,10+,12-,13+/m1/s1. The van der Waals surface area contributed by atoms with Gasteiger partial charge in [0.05, 0.1) is 6.33 Å². The Kier molecular flexibility index (Phi) is 2.71. The summed E-state index contributed by atoms with van der Waals surface area (Å²) in [6.07, 6.45) is 9.64. The molecule has 22 heavy (non-hydrogen) atoms. The summed E-state index contributed by atoms with van der Waals surface area (Å²) in [6, 6.07) is 0.995. The van der Waals surface area contributed by atoms with Crippen molar-refractivity contribution in [2.45, 2.75) is 44.2 Å². The van der Waals surface area contributed by atoms with Gasteiger partial charge in [-0.05, 0) is 49.9 Å². The molecule has 0 radical (unpaired) electrons. The third kappa shape index (κ3) is 1.86. The zero-order valence-electron chi connectivity index (χ0n) is 12.5. The van der Waals surface area contributed by atoms with Crippen LogP contribution >= 0.6 is 0 Å². The van der Waals surface area contributed by atoms with Gasteiger partial charge in [0.1, 0.15) is 11.8 Å². The summed E-state index contributed by atoms with van der Waals surface area (Å²) in [4.78, 5) is 13.5. The molecule has 0 aromatic carbocycles. The van der Waals surface area contributed by atoms with Crippen molar-refractivity contribution in [2.75, 3.05) is 11.9 Å². The van der Waals surface area contributed by atoms with E-state index in [0.717, 1.165) is 22.9 Å². The van der Waals surface area contributed by atoms with E-state index < -0.39 is 0 Å². The molecule has 2 bridgehead atoms. The van der Waals surface area contributed by atoms with Crippen LogP contribution in [-0.4, -0.2) is 37.3 Å². The smallest absolute Gasteiger partial charge is 0.165 e. The lowest BCUT2D eigenvalue weighted by atomic mass is 9.85. The largest absolute Gasteiger partial charge is 0.396 e. The summed E-state index contributed by atoms with van der Waals surface area (Å²) >= 11 is 0. The lowest BCUT2D eigenvalue weighted by molar-refractivity contribution is 0.146. The highest BCUT2D eigenvalue weighted by Crippen LogP contribution is 2.54. The second-order valence-corrected chi connectivity index (χ2v) is 7.21. The highest BCUT2D eigenvalue weighted by atomic mass is 16.3. The van der Waals surface area contributed by atoms with Gasteiger partial charge in [0.15, 0.2) is 11.5 Å². The van der Waals surface area contributed by atoms with Crippen LogP contribution in [0.5, 0.6) is 0 Å². The van der Waals surface area contributed by atoms with E-state index in [0.29, 0.717) is 30.5 Å². The number of fused-ring (bicyclic) bond motifs is 3. The highest BCUT2D eigenvalue weighted by Gasteiger charge is 2.47. The summed E-state index contributed by atoms with van der Waals surface area (Å²) in [7, 11) is 0. The van der Waals surface area contributed by atoms with Crippen molar-refractivity contribution in [3.8, 4) is 0 Å². The van der Waals surface area contributed by atoms with Crippen LogP contribution in [0, 0.1) is 17.8 Å². The van der Waals surface area contributed by atoms with Crippen molar-refractivity contribution in [3.63, 3.8) is 0 Å². The van der Waals surface area contributed by atoms with Gasteiger partial charge in [0.2, 0.25) is 0 Å². The molecule has 3 aliphatic rings. The topological polar surface area (TPSA) is 75.9 Å². The number of nitrogens with one attached hydrogen (secondary N) is 1. The molecule has 0 amide bonds. The first-order valence-corrected chi connectivity index (χ1v) is 8.38. The van der Waals surface area contributed by atoms with Gasteiger partial charge in [-0.1, -0.05) is 0 Å². The molecule has 2 aromatic rings. The first kappa shape index (κ1) is 12.8. The van der Waals surface area contributed by atoms with Gasteiger partial charge < -0.3 is 15.0 Å². The van der Waals surface area contributed by atoms with Gasteiger partial charge in [0.25, 0.3) is 0 Å². The van der Waals surface area contributed by atoms with Crippen LogP contribution < -0.4 is 5.32 Å². The summed E-state index contributed by atoms with van der Waals surface area (Å²) in [5.41, 5.74) is 1.82. The molecule has 6 heteroatoms. The summed E-state index contributed by atoms with van der Waals surface area (Å²) < 4.78 is 2.24. The molecule has 0 saturated heterocycles. The summed E-state index contributed by atoms with van der Waals surface area (Å²) in [5.74, 6) is 2.65. The van der Waals surface area contributed by atoms with Crippen molar-refractivity contribution in [1.82, 2.24) is 19.5 Å². The molecule has 116 valence electrons. The van der Waals surface area contributed by atoms with Crippen LogP contribution in [0.15, 0.2) is 12.7 Å². The maximum Gasteiger partial charge on any atom is 0.165 e. The van der Waals surface area contributed by atoms with Crippen LogP contribution in [-0.2, 0) is 0 Å². The number of hydrogen-bond acceptors (Lipinski definition) is 5. The minimum absolute atomic E-state index is 0.313. The molecule has 2 N–H and O–H groups in total. The molecule has 3 fully saturated rings. The average Bonchev–Trinajstić information content (AvgIpc) is 2.99. The zero-order valence-corrected chi connectivity index (χ0v) is 12.5. The molecule has 3 aliphatic carbocycles. The quantitative estimate of drug-likeness (QED) is 0.903. The number of aliphatic hydroxyl groups is 1. The van der Waals surface area contributed by atoms with Crippen molar-refractivity contribution in [2.24, 2.45) is 17.8 Å². The molecule has 2 aromatic heterocycles. The molecule has 0 spiro atoms. The molecule has 0 unspecified atom stereocenters. The maximum atomic E-state index is 9.61. The number of rotatable bonds is 4. The number of aromatic nitrogens is 4. The van der Waals surface area contributed by atoms with Crippen molar-refractivity contribution >= 4 is 17.0 Å². The van der Waals surface area contributed by atoms with E-state index >= 15 is 0 Å². The molecule has 3 saturated carbocycles. The van der Waals surface area contributed by atoms with Gasteiger partial charge in [-0.15, -0.1) is 0 Å². The number of anilines is 1.